The van der Waals surface area contributed by atoms with E-state index in [1.807, 2.05) is 0 Å². The third kappa shape index (κ3) is 2.57. The first kappa shape index (κ1) is 11.5. The van der Waals surface area contributed by atoms with Gasteiger partial charge in [0.25, 0.3) is 5.91 Å². The molecule has 1 aromatic heterocycles. The highest BCUT2D eigenvalue weighted by atomic mass is 35.5. The van der Waals surface area contributed by atoms with Gasteiger partial charge in [-0.2, -0.15) is 0 Å². The van der Waals surface area contributed by atoms with Gasteiger partial charge in [0.2, 0.25) is 5.76 Å². The van der Waals surface area contributed by atoms with Crippen molar-refractivity contribution in [2.75, 3.05) is 5.32 Å². The fourth-order valence-corrected chi connectivity index (χ4v) is 1.43. The van der Waals surface area contributed by atoms with Gasteiger partial charge in [0, 0.05) is 11.1 Å². The molecule has 2 aromatic rings. The molecule has 1 amide bonds. The fraction of sp³-hybridized carbons (Fsp3) is 0.0909. The number of carbonyl (C=O) groups excluding carboxylic acids is 1. The van der Waals surface area contributed by atoms with E-state index in [4.69, 9.17) is 16.1 Å². The van der Waals surface area contributed by atoms with Crippen LogP contribution in [0.15, 0.2) is 28.8 Å². The molecular weight excluding hydrogens is 244 g/mol. The molecule has 0 saturated carbocycles. The summed E-state index contributed by atoms with van der Waals surface area (Å²) >= 11 is 5.75. The zero-order valence-electron chi connectivity index (χ0n) is 8.90. The van der Waals surface area contributed by atoms with E-state index in [1.165, 1.54) is 24.3 Å². The first-order valence-electron chi connectivity index (χ1n) is 4.79. The minimum absolute atomic E-state index is 0.0704. The number of amides is 1. The minimum atomic E-state index is -0.497. The molecule has 88 valence electrons. The number of halogens is 1. The smallest absolute Gasteiger partial charge is 0.294 e. The van der Waals surface area contributed by atoms with Gasteiger partial charge in [0.05, 0.1) is 11.4 Å². The van der Waals surface area contributed by atoms with Crippen LogP contribution in [0.4, 0.5) is 5.69 Å². The lowest BCUT2D eigenvalue weighted by molar-refractivity contribution is 0.0987. The molecule has 0 fully saturated rings. The van der Waals surface area contributed by atoms with Gasteiger partial charge in [0.15, 0.2) is 0 Å². The van der Waals surface area contributed by atoms with Crippen molar-refractivity contribution in [3.63, 3.8) is 0 Å². The van der Waals surface area contributed by atoms with Crippen molar-refractivity contribution in [3.05, 3.63) is 40.7 Å². The molecular formula is C11H9ClN2O3. The summed E-state index contributed by atoms with van der Waals surface area (Å²) < 4.78 is 4.79. The van der Waals surface area contributed by atoms with Crippen molar-refractivity contribution < 1.29 is 14.4 Å². The molecule has 1 aromatic carbocycles. The maximum Gasteiger partial charge on any atom is 0.294 e. The Morgan fingerprint density at radius 1 is 1.47 bits per heavy atom. The van der Waals surface area contributed by atoms with E-state index >= 15 is 0 Å². The molecule has 0 atom stereocenters. The topological polar surface area (TPSA) is 75.4 Å². The van der Waals surface area contributed by atoms with Crippen LogP contribution >= 0.6 is 11.6 Å². The minimum Gasteiger partial charge on any atom is -0.506 e. The molecule has 5 nitrogen and oxygen atoms in total. The first-order chi connectivity index (χ1) is 8.06. The van der Waals surface area contributed by atoms with Crippen LogP contribution in [0.1, 0.15) is 16.2 Å². The van der Waals surface area contributed by atoms with Gasteiger partial charge >= 0.3 is 0 Å². The normalized spacial score (nSPS) is 10.2. The van der Waals surface area contributed by atoms with Crippen LogP contribution in [0.25, 0.3) is 0 Å². The SMILES string of the molecule is Cc1cc(C(=O)Nc2cc(Cl)ccc2O)on1. The standard InChI is InChI=1S/C11H9ClN2O3/c1-6-4-10(17-14-6)11(16)13-8-5-7(12)2-3-9(8)15/h2-5,15H,1H3,(H,13,16). The molecule has 0 saturated heterocycles. The Morgan fingerprint density at radius 3 is 2.88 bits per heavy atom. The zero-order valence-corrected chi connectivity index (χ0v) is 9.65. The van der Waals surface area contributed by atoms with E-state index in [0.717, 1.165) is 0 Å². The predicted molar refractivity (Wildman–Crippen MR) is 62.3 cm³/mol. The van der Waals surface area contributed by atoms with E-state index in [0.29, 0.717) is 10.7 Å². The second kappa shape index (κ2) is 4.47. The first-order valence-corrected chi connectivity index (χ1v) is 5.17. The summed E-state index contributed by atoms with van der Waals surface area (Å²) in [5.41, 5.74) is 0.821. The van der Waals surface area contributed by atoms with Crippen molar-refractivity contribution in [2.45, 2.75) is 6.92 Å². The molecule has 0 aliphatic rings. The molecule has 6 heteroatoms. The number of carbonyl (C=O) groups is 1. The monoisotopic (exact) mass is 252 g/mol. The largest absolute Gasteiger partial charge is 0.506 e. The van der Waals surface area contributed by atoms with Gasteiger partial charge < -0.3 is 14.9 Å². The van der Waals surface area contributed by atoms with Crippen LogP contribution in [-0.4, -0.2) is 16.2 Å². The number of aryl methyl sites for hydroxylation is 1. The summed E-state index contributed by atoms with van der Waals surface area (Å²) in [5, 5.41) is 16.0. The Bertz CT molecular complexity index is 566. The number of aromatic hydroxyl groups is 1. The lowest BCUT2D eigenvalue weighted by Crippen LogP contribution is -2.10. The van der Waals surface area contributed by atoms with E-state index in [9.17, 15) is 9.90 Å². The van der Waals surface area contributed by atoms with Crippen molar-refractivity contribution in [1.29, 1.82) is 0 Å². The Balaban J connectivity index is 2.21. The van der Waals surface area contributed by atoms with Crippen molar-refractivity contribution in [3.8, 4) is 5.75 Å². The number of hydrogen-bond donors (Lipinski definition) is 2. The molecule has 0 radical (unpaired) electrons. The maximum atomic E-state index is 11.7. The molecule has 2 N–H and O–H groups in total. The summed E-state index contributed by atoms with van der Waals surface area (Å²) in [6.07, 6.45) is 0. The van der Waals surface area contributed by atoms with E-state index in [1.54, 1.807) is 6.92 Å². The van der Waals surface area contributed by atoms with E-state index in [2.05, 4.69) is 10.5 Å². The highest BCUT2D eigenvalue weighted by Gasteiger charge is 2.13. The number of phenolic OH excluding ortho intramolecular Hbond substituents is 1. The third-order valence-corrected chi connectivity index (χ3v) is 2.29. The van der Waals surface area contributed by atoms with Gasteiger partial charge in [-0.1, -0.05) is 16.8 Å². The van der Waals surface area contributed by atoms with Crippen molar-refractivity contribution >= 4 is 23.2 Å². The lowest BCUT2D eigenvalue weighted by Gasteiger charge is -2.05. The average molecular weight is 253 g/mol. The van der Waals surface area contributed by atoms with Crippen molar-refractivity contribution in [1.82, 2.24) is 5.16 Å². The Kier molecular flexibility index (Phi) is 3.01. The summed E-state index contributed by atoms with van der Waals surface area (Å²) in [7, 11) is 0. The van der Waals surface area contributed by atoms with Gasteiger partial charge in [-0.25, -0.2) is 0 Å². The summed E-state index contributed by atoms with van der Waals surface area (Å²) in [4.78, 5) is 11.7. The molecule has 1 heterocycles. The van der Waals surface area contributed by atoms with Crippen LogP contribution in [0.2, 0.25) is 5.02 Å². The lowest BCUT2D eigenvalue weighted by atomic mass is 10.3. The highest BCUT2D eigenvalue weighted by molar-refractivity contribution is 6.31. The van der Waals surface area contributed by atoms with Crippen LogP contribution in [0.3, 0.4) is 0 Å². The summed E-state index contributed by atoms with van der Waals surface area (Å²) in [6.45, 7) is 1.71. The highest BCUT2D eigenvalue weighted by Crippen LogP contribution is 2.26. The molecule has 0 aliphatic heterocycles. The molecule has 0 bridgehead atoms. The Morgan fingerprint density at radius 2 is 2.24 bits per heavy atom. The third-order valence-electron chi connectivity index (χ3n) is 2.06. The van der Waals surface area contributed by atoms with Gasteiger partial charge in [0.1, 0.15) is 5.75 Å². The Hall–Kier alpha value is -2.01. The number of benzene rings is 1. The molecule has 0 unspecified atom stereocenters. The number of nitrogens with one attached hydrogen (secondary N) is 1. The molecule has 17 heavy (non-hydrogen) atoms. The number of rotatable bonds is 2. The average Bonchev–Trinajstić information content (AvgIpc) is 2.70. The van der Waals surface area contributed by atoms with E-state index in [-0.39, 0.29) is 17.2 Å². The number of hydrogen-bond acceptors (Lipinski definition) is 4. The van der Waals surface area contributed by atoms with Gasteiger partial charge in [-0.05, 0) is 25.1 Å². The second-order valence-electron chi connectivity index (χ2n) is 3.45. The van der Waals surface area contributed by atoms with Gasteiger partial charge in [-0.3, -0.25) is 4.79 Å². The molecule has 0 spiro atoms. The Labute approximate surface area is 102 Å². The maximum absolute atomic E-state index is 11.7. The predicted octanol–water partition coefficient (Wildman–Crippen LogP) is 2.59. The second-order valence-corrected chi connectivity index (χ2v) is 3.88. The van der Waals surface area contributed by atoms with Crippen molar-refractivity contribution in [2.24, 2.45) is 0 Å². The molecule has 0 aliphatic carbocycles. The number of aromatic nitrogens is 1. The number of anilines is 1. The quantitative estimate of drug-likeness (QED) is 0.806. The van der Waals surface area contributed by atoms with Crippen LogP contribution in [0.5, 0.6) is 5.75 Å². The van der Waals surface area contributed by atoms with Gasteiger partial charge in [-0.15, -0.1) is 0 Å². The summed E-state index contributed by atoms with van der Waals surface area (Å²) in [5.74, 6) is -0.496. The summed E-state index contributed by atoms with van der Waals surface area (Å²) in [6, 6.07) is 5.85. The van der Waals surface area contributed by atoms with Crippen LogP contribution in [0, 0.1) is 6.92 Å². The van der Waals surface area contributed by atoms with E-state index < -0.39 is 5.91 Å². The van der Waals surface area contributed by atoms with Crippen LogP contribution < -0.4 is 5.32 Å². The fourth-order valence-electron chi connectivity index (χ4n) is 1.26. The number of nitrogens with zero attached hydrogens (tertiary/aromatic N) is 1. The number of phenols is 1. The van der Waals surface area contributed by atoms with Crippen LogP contribution in [-0.2, 0) is 0 Å². The zero-order chi connectivity index (χ0) is 12.4. The molecule has 2 rings (SSSR count).